The minimum absolute atomic E-state index is 0.212. The van der Waals surface area contributed by atoms with Gasteiger partial charge < -0.3 is 15.0 Å². The zero-order valence-corrected chi connectivity index (χ0v) is 19.0. The van der Waals surface area contributed by atoms with Crippen molar-refractivity contribution in [1.29, 1.82) is 0 Å². The van der Waals surface area contributed by atoms with Crippen LogP contribution in [0.3, 0.4) is 0 Å². The molecule has 0 radical (unpaired) electrons. The summed E-state index contributed by atoms with van der Waals surface area (Å²) in [5.41, 5.74) is -0.743. The van der Waals surface area contributed by atoms with E-state index in [0.717, 1.165) is 17.8 Å². The SMILES string of the molecule is Cc1cccc(NC(=O)C2CCCN(C(=O)C3(c4cccc(C(F)(F)F)c4)CCOCC3)C2)n1. The van der Waals surface area contributed by atoms with Crippen LogP contribution < -0.4 is 5.32 Å². The van der Waals surface area contributed by atoms with Crippen LogP contribution in [0, 0.1) is 12.8 Å². The molecule has 2 saturated heterocycles. The van der Waals surface area contributed by atoms with Crippen LogP contribution in [0.1, 0.15) is 42.5 Å². The van der Waals surface area contributed by atoms with Crippen LogP contribution in [0.15, 0.2) is 42.5 Å². The molecule has 2 amide bonds. The van der Waals surface area contributed by atoms with Gasteiger partial charge in [0.25, 0.3) is 0 Å². The molecule has 1 unspecified atom stereocenters. The highest BCUT2D eigenvalue weighted by atomic mass is 19.4. The zero-order valence-electron chi connectivity index (χ0n) is 19.0. The van der Waals surface area contributed by atoms with Crippen molar-refractivity contribution in [1.82, 2.24) is 9.88 Å². The van der Waals surface area contributed by atoms with Crippen molar-refractivity contribution >= 4 is 17.6 Å². The summed E-state index contributed by atoms with van der Waals surface area (Å²) in [5, 5.41) is 2.82. The lowest BCUT2D eigenvalue weighted by Crippen LogP contribution is -2.53. The van der Waals surface area contributed by atoms with Gasteiger partial charge in [-0.05, 0) is 56.4 Å². The molecule has 0 aliphatic carbocycles. The van der Waals surface area contributed by atoms with Crippen LogP contribution >= 0.6 is 0 Å². The first-order valence-electron chi connectivity index (χ1n) is 11.5. The Kier molecular flexibility index (Phi) is 6.93. The predicted octanol–water partition coefficient (Wildman–Crippen LogP) is 4.33. The molecule has 1 aromatic carbocycles. The van der Waals surface area contributed by atoms with E-state index in [-0.39, 0.29) is 18.4 Å². The summed E-state index contributed by atoms with van der Waals surface area (Å²) in [4.78, 5) is 32.7. The molecular weight excluding hydrogens is 447 g/mol. The molecule has 4 rings (SSSR count). The lowest BCUT2D eigenvalue weighted by Gasteiger charge is -2.42. The summed E-state index contributed by atoms with van der Waals surface area (Å²) in [7, 11) is 0. The third-order valence-corrected chi connectivity index (χ3v) is 6.72. The number of amides is 2. The van der Waals surface area contributed by atoms with Gasteiger partial charge >= 0.3 is 6.18 Å². The number of aromatic nitrogens is 1. The van der Waals surface area contributed by atoms with Crippen LogP contribution in [0.2, 0.25) is 0 Å². The number of hydrogen-bond acceptors (Lipinski definition) is 4. The largest absolute Gasteiger partial charge is 0.416 e. The van der Waals surface area contributed by atoms with E-state index in [4.69, 9.17) is 4.74 Å². The Morgan fingerprint density at radius 3 is 2.59 bits per heavy atom. The fourth-order valence-corrected chi connectivity index (χ4v) is 4.86. The summed E-state index contributed by atoms with van der Waals surface area (Å²) in [5.74, 6) is -0.409. The smallest absolute Gasteiger partial charge is 0.381 e. The number of nitrogens with zero attached hydrogens (tertiary/aromatic N) is 2. The number of ether oxygens (including phenoxy) is 1. The maximum Gasteiger partial charge on any atom is 0.416 e. The van der Waals surface area contributed by atoms with Gasteiger partial charge in [0.15, 0.2) is 0 Å². The number of piperidine rings is 1. The van der Waals surface area contributed by atoms with Crippen LogP contribution in [0.25, 0.3) is 0 Å². The van der Waals surface area contributed by atoms with Gasteiger partial charge in [-0.3, -0.25) is 9.59 Å². The van der Waals surface area contributed by atoms with E-state index in [1.54, 1.807) is 23.1 Å². The van der Waals surface area contributed by atoms with E-state index in [9.17, 15) is 22.8 Å². The Labute approximate surface area is 196 Å². The zero-order chi connectivity index (χ0) is 24.3. The number of benzene rings is 1. The molecule has 2 aliphatic rings. The van der Waals surface area contributed by atoms with Gasteiger partial charge in [0, 0.05) is 32.0 Å². The third kappa shape index (κ3) is 5.09. The van der Waals surface area contributed by atoms with Crippen LogP contribution in [-0.2, 0) is 25.9 Å². The Morgan fingerprint density at radius 1 is 1.15 bits per heavy atom. The quantitative estimate of drug-likeness (QED) is 0.715. The van der Waals surface area contributed by atoms with E-state index in [1.807, 2.05) is 13.0 Å². The number of alkyl halides is 3. The Hall–Kier alpha value is -2.94. The van der Waals surface area contributed by atoms with E-state index in [1.165, 1.54) is 6.07 Å². The fraction of sp³-hybridized carbons (Fsp3) is 0.480. The molecule has 2 aromatic rings. The molecule has 0 bridgehead atoms. The molecule has 0 spiro atoms. The molecule has 2 aliphatic heterocycles. The van der Waals surface area contributed by atoms with Crippen molar-refractivity contribution in [2.45, 2.75) is 44.2 Å². The molecule has 3 heterocycles. The second kappa shape index (κ2) is 9.74. The fourth-order valence-electron chi connectivity index (χ4n) is 4.86. The third-order valence-electron chi connectivity index (χ3n) is 6.72. The van der Waals surface area contributed by atoms with Crippen molar-refractivity contribution in [3.63, 3.8) is 0 Å². The normalized spacial score (nSPS) is 20.6. The molecule has 1 atom stereocenters. The number of carbonyl (C=O) groups excluding carboxylic acids is 2. The highest BCUT2D eigenvalue weighted by molar-refractivity contribution is 5.93. The van der Waals surface area contributed by atoms with Gasteiger partial charge in [0.2, 0.25) is 11.8 Å². The van der Waals surface area contributed by atoms with Crippen molar-refractivity contribution in [2.75, 3.05) is 31.6 Å². The predicted molar refractivity (Wildman–Crippen MR) is 120 cm³/mol. The first-order valence-corrected chi connectivity index (χ1v) is 11.5. The summed E-state index contributed by atoms with van der Waals surface area (Å²) < 4.78 is 45.6. The number of nitrogens with one attached hydrogen (secondary N) is 1. The topological polar surface area (TPSA) is 71.5 Å². The van der Waals surface area contributed by atoms with Gasteiger partial charge in [-0.15, -0.1) is 0 Å². The molecule has 6 nitrogen and oxygen atoms in total. The van der Waals surface area contributed by atoms with Gasteiger partial charge in [-0.1, -0.05) is 24.3 Å². The van der Waals surface area contributed by atoms with Gasteiger partial charge in [0.1, 0.15) is 5.82 Å². The first-order chi connectivity index (χ1) is 16.2. The summed E-state index contributed by atoms with van der Waals surface area (Å²) in [6.07, 6.45) is -2.63. The Balaban J connectivity index is 1.56. The molecule has 182 valence electrons. The number of halogens is 3. The molecule has 0 saturated carbocycles. The lowest BCUT2D eigenvalue weighted by molar-refractivity contribution is -0.144. The van der Waals surface area contributed by atoms with Crippen molar-refractivity contribution in [2.24, 2.45) is 5.92 Å². The summed E-state index contributed by atoms with van der Waals surface area (Å²) in [6.45, 7) is 3.10. The minimum Gasteiger partial charge on any atom is -0.381 e. The standard InChI is InChI=1S/C25H28F3N3O3/c1-17-5-2-9-21(29-17)30-22(32)18-6-4-12-31(16-18)23(33)24(10-13-34-14-11-24)19-7-3-8-20(15-19)25(26,27)28/h2-3,5,7-9,15,18H,4,6,10-14,16H2,1H3,(H,29,30,32). The first kappa shape index (κ1) is 24.2. The molecule has 34 heavy (non-hydrogen) atoms. The van der Waals surface area contributed by atoms with Crippen LogP contribution in [0.4, 0.5) is 19.0 Å². The number of carbonyl (C=O) groups is 2. The van der Waals surface area contributed by atoms with Crippen LogP contribution in [-0.4, -0.2) is 48.0 Å². The van der Waals surface area contributed by atoms with Gasteiger partial charge in [-0.2, -0.15) is 13.2 Å². The Bertz CT molecular complexity index is 1050. The van der Waals surface area contributed by atoms with E-state index in [2.05, 4.69) is 10.3 Å². The number of anilines is 1. The average Bonchev–Trinajstić information content (AvgIpc) is 2.83. The Morgan fingerprint density at radius 2 is 1.88 bits per heavy atom. The number of likely N-dealkylation sites (tertiary alicyclic amines) is 1. The highest BCUT2D eigenvalue weighted by Gasteiger charge is 2.46. The molecule has 1 N–H and O–H groups in total. The monoisotopic (exact) mass is 475 g/mol. The van der Waals surface area contributed by atoms with Crippen LogP contribution in [0.5, 0.6) is 0 Å². The number of hydrogen-bond donors (Lipinski definition) is 1. The van der Waals surface area contributed by atoms with E-state index < -0.39 is 23.1 Å². The average molecular weight is 476 g/mol. The van der Waals surface area contributed by atoms with Crippen molar-refractivity contribution in [3.05, 3.63) is 59.3 Å². The maximum atomic E-state index is 13.9. The second-order valence-electron chi connectivity index (χ2n) is 9.02. The van der Waals surface area contributed by atoms with Gasteiger partial charge in [-0.25, -0.2) is 4.98 Å². The minimum atomic E-state index is -4.50. The molecule has 2 fully saturated rings. The summed E-state index contributed by atoms with van der Waals surface area (Å²) >= 11 is 0. The van der Waals surface area contributed by atoms with Gasteiger partial charge in [0.05, 0.1) is 16.9 Å². The summed E-state index contributed by atoms with van der Waals surface area (Å²) in [6, 6.07) is 10.4. The molecule has 1 aromatic heterocycles. The van der Waals surface area contributed by atoms with Crippen molar-refractivity contribution in [3.8, 4) is 0 Å². The number of aryl methyl sites for hydroxylation is 1. The lowest BCUT2D eigenvalue weighted by atomic mass is 9.72. The molecule has 9 heteroatoms. The second-order valence-corrected chi connectivity index (χ2v) is 9.02. The van der Waals surface area contributed by atoms with E-state index in [0.29, 0.717) is 56.8 Å². The number of pyridine rings is 1. The maximum absolute atomic E-state index is 13.9. The van der Waals surface area contributed by atoms with Crippen molar-refractivity contribution < 1.29 is 27.5 Å². The van der Waals surface area contributed by atoms with E-state index >= 15 is 0 Å². The molecular formula is C25H28F3N3O3. The highest BCUT2D eigenvalue weighted by Crippen LogP contribution is 2.40. The number of rotatable bonds is 4.